The standard InChI is InChI=1S/C31H26ClN7OS/c32-30-28(22-39(36-30)27-17-10-19-34-21-27)38(23-35-37-33)29(40)18-20-41-31(24-11-4-1-5-12-24,25-13-6-2-7-14-25)26-15-8-3-9-16-26/h1-17,19,21-22H,18,20,23H2. The van der Waals surface area contributed by atoms with E-state index in [0.29, 0.717) is 17.1 Å². The van der Waals surface area contributed by atoms with E-state index in [1.54, 1.807) is 41.1 Å². The molecule has 0 aliphatic rings. The van der Waals surface area contributed by atoms with E-state index in [1.165, 1.54) is 4.90 Å². The van der Waals surface area contributed by atoms with Crippen LogP contribution in [0.2, 0.25) is 5.15 Å². The van der Waals surface area contributed by atoms with Crippen molar-refractivity contribution in [2.75, 3.05) is 17.3 Å². The highest BCUT2D eigenvalue weighted by Gasteiger charge is 2.37. The first-order valence-corrected chi connectivity index (χ1v) is 14.3. The van der Waals surface area contributed by atoms with Crippen LogP contribution in [0.1, 0.15) is 23.1 Å². The van der Waals surface area contributed by atoms with Gasteiger partial charge < -0.3 is 4.90 Å². The van der Waals surface area contributed by atoms with Gasteiger partial charge >= 0.3 is 0 Å². The van der Waals surface area contributed by atoms with Crippen LogP contribution >= 0.6 is 23.4 Å². The molecule has 10 heteroatoms. The zero-order valence-electron chi connectivity index (χ0n) is 22.0. The molecule has 0 spiro atoms. The molecule has 3 aromatic carbocycles. The van der Waals surface area contributed by atoms with Crippen LogP contribution in [0, 0.1) is 0 Å². The topological polar surface area (TPSA) is 99.8 Å². The lowest BCUT2D eigenvalue weighted by Crippen LogP contribution is -2.32. The Labute approximate surface area is 247 Å². The van der Waals surface area contributed by atoms with E-state index in [1.807, 2.05) is 60.7 Å². The van der Waals surface area contributed by atoms with Gasteiger partial charge in [0.15, 0.2) is 5.15 Å². The van der Waals surface area contributed by atoms with Crippen molar-refractivity contribution in [3.8, 4) is 5.69 Å². The molecule has 2 aromatic heterocycles. The fourth-order valence-electron chi connectivity index (χ4n) is 4.72. The molecule has 2 heterocycles. The van der Waals surface area contributed by atoms with Crippen LogP contribution < -0.4 is 4.90 Å². The minimum absolute atomic E-state index is 0.121. The molecule has 41 heavy (non-hydrogen) atoms. The Morgan fingerprint density at radius 2 is 1.51 bits per heavy atom. The Morgan fingerprint density at radius 3 is 2.02 bits per heavy atom. The Morgan fingerprint density at radius 1 is 0.927 bits per heavy atom. The fraction of sp³-hybridized carbons (Fsp3) is 0.129. The number of carbonyl (C=O) groups is 1. The second kappa shape index (κ2) is 13.2. The van der Waals surface area contributed by atoms with Gasteiger partial charge in [0.2, 0.25) is 5.91 Å². The van der Waals surface area contributed by atoms with Gasteiger partial charge in [0.05, 0.1) is 22.8 Å². The number of halogens is 1. The second-order valence-corrected chi connectivity index (χ2v) is 10.7. The molecule has 0 unspecified atom stereocenters. The van der Waals surface area contributed by atoms with Gasteiger partial charge in [-0.1, -0.05) is 108 Å². The van der Waals surface area contributed by atoms with Crippen LogP contribution in [0.4, 0.5) is 5.69 Å². The summed E-state index contributed by atoms with van der Waals surface area (Å²) < 4.78 is 0.990. The van der Waals surface area contributed by atoms with Gasteiger partial charge in [0.25, 0.3) is 0 Å². The van der Waals surface area contributed by atoms with Crippen LogP contribution in [0.3, 0.4) is 0 Å². The molecule has 8 nitrogen and oxygen atoms in total. The van der Waals surface area contributed by atoms with Crippen molar-refractivity contribution in [1.82, 2.24) is 14.8 Å². The highest BCUT2D eigenvalue weighted by atomic mass is 35.5. The minimum Gasteiger partial charge on any atom is -0.302 e. The maximum absolute atomic E-state index is 13.7. The molecular weight excluding hydrogens is 554 g/mol. The molecule has 0 aliphatic heterocycles. The van der Waals surface area contributed by atoms with Crippen LogP contribution in [0.25, 0.3) is 16.1 Å². The number of amides is 1. The van der Waals surface area contributed by atoms with E-state index in [-0.39, 0.29) is 24.1 Å². The first kappa shape index (κ1) is 28.0. The van der Waals surface area contributed by atoms with E-state index < -0.39 is 4.75 Å². The highest BCUT2D eigenvalue weighted by molar-refractivity contribution is 8.00. The molecular formula is C31H26ClN7OS. The number of azide groups is 1. The van der Waals surface area contributed by atoms with Crippen molar-refractivity contribution < 1.29 is 4.79 Å². The third kappa shape index (κ3) is 6.12. The maximum Gasteiger partial charge on any atom is 0.228 e. The average molecular weight is 580 g/mol. The summed E-state index contributed by atoms with van der Waals surface area (Å²) >= 11 is 8.16. The van der Waals surface area contributed by atoms with Crippen molar-refractivity contribution in [3.05, 3.63) is 154 Å². The predicted molar refractivity (Wildman–Crippen MR) is 164 cm³/mol. The number of anilines is 1. The smallest absolute Gasteiger partial charge is 0.228 e. The molecule has 0 fully saturated rings. The normalized spacial score (nSPS) is 11.0. The molecule has 0 bridgehead atoms. The Bertz CT molecular complexity index is 1530. The summed E-state index contributed by atoms with van der Waals surface area (Å²) in [6.45, 7) is -0.209. The van der Waals surface area contributed by atoms with Gasteiger partial charge in [-0.25, -0.2) is 4.68 Å². The lowest BCUT2D eigenvalue weighted by Gasteiger charge is -2.35. The first-order valence-electron chi connectivity index (χ1n) is 12.9. The van der Waals surface area contributed by atoms with Crippen molar-refractivity contribution in [1.29, 1.82) is 0 Å². The van der Waals surface area contributed by atoms with Gasteiger partial charge in [0.1, 0.15) is 12.4 Å². The lowest BCUT2D eigenvalue weighted by atomic mass is 9.84. The average Bonchev–Trinajstić information content (AvgIpc) is 3.42. The van der Waals surface area contributed by atoms with Crippen molar-refractivity contribution in [2.24, 2.45) is 5.11 Å². The van der Waals surface area contributed by atoms with E-state index >= 15 is 0 Å². The zero-order chi connectivity index (χ0) is 28.5. The lowest BCUT2D eigenvalue weighted by molar-refractivity contribution is -0.118. The van der Waals surface area contributed by atoms with E-state index in [9.17, 15) is 4.79 Å². The Hall–Kier alpha value is -4.56. The number of hydrogen-bond acceptors (Lipinski definition) is 5. The molecule has 0 atom stereocenters. The summed E-state index contributed by atoms with van der Waals surface area (Å²) in [4.78, 5) is 22.0. The molecule has 0 saturated carbocycles. The summed E-state index contributed by atoms with van der Waals surface area (Å²) in [7, 11) is 0. The largest absolute Gasteiger partial charge is 0.302 e. The van der Waals surface area contributed by atoms with E-state index in [2.05, 4.69) is 56.5 Å². The van der Waals surface area contributed by atoms with Crippen LogP contribution in [-0.4, -0.2) is 33.1 Å². The number of pyridine rings is 1. The Kier molecular flexibility index (Phi) is 9.01. The Balaban J connectivity index is 1.45. The van der Waals surface area contributed by atoms with Crippen LogP contribution in [0.15, 0.2) is 127 Å². The number of aromatic nitrogens is 3. The molecule has 1 amide bonds. The summed E-state index contributed by atoms with van der Waals surface area (Å²) in [5, 5.41) is 8.12. The van der Waals surface area contributed by atoms with Gasteiger partial charge in [-0.2, -0.15) is 5.10 Å². The molecule has 0 saturated heterocycles. The summed E-state index contributed by atoms with van der Waals surface area (Å²) in [5.41, 5.74) is 13.4. The third-order valence-electron chi connectivity index (χ3n) is 6.60. The second-order valence-electron chi connectivity index (χ2n) is 9.03. The van der Waals surface area contributed by atoms with Gasteiger partial charge in [-0.05, 0) is 34.4 Å². The van der Waals surface area contributed by atoms with Gasteiger partial charge in [-0.15, -0.1) is 11.8 Å². The van der Waals surface area contributed by atoms with Gasteiger partial charge in [-0.3, -0.25) is 9.78 Å². The minimum atomic E-state index is -0.553. The number of hydrogen-bond donors (Lipinski definition) is 0. The molecule has 0 aliphatic carbocycles. The number of rotatable bonds is 11. The highest BCUT2D eigenvalue weighted by Crippen LogP contribution is 2.48. The third-order valence-corrected chi connectivity index (χ3v) is 8.41. The number of nitrogens with zero attached hydrogens (tertiary/aromatic N) is 7. The molecule has 0 N–H and O–H groups in total. The quantitative estimate of drug-likeness (QED) is 0.0694. The van der Waals surface area contributed by atoms with E-state index in [0.717, 1.165) is 16.7 Å². The van der Waals surface area contributed by atoms with Crippen molar-refractivity contribution in [2.45, 2.75) is 11.2 Å². The fourth-order valence-corrected chi connectivity index (χ4v) is 6.45. The summed E-state index contributed by atoms with van der Waals surface area (Å²) in [6, 6.07) is 34.5. The molecule has 0 radical (unpaired) electrons. The number of thioether (sulfide) groups is 1. The molecule has 204 valence electrons. The first-order chi connectivity index (χ1) is 20.1. The van der Waals surface area contributed by atoms with Crippen LogP contribution in [-0.2, 0) is 9.54 Å². The summed E-state index contributed by atoms with van der Waals surface area (Å²) in [5.74, 6) is 0.249. The van der Waals surface area contributed by atoms with Crippen LogP contribution in [0.5, 0.6) is 0 Å². The molecule has 5 aromatic rings. The number of benzene rings is 3. The van der Waals surface area contributed by atoms with Crippen molar-refractivity contribution in [3.63, 3.8) is 0 Å². The predicted octanol–water partition coefficient (Wildman–Crippen LogP) is 7.64. The maximum atomic E-state index is 13.7. The zero-order valence-corrected chi connectivity index (χ0v) is 23.6. The van der Waals surface area contributed by atoms with Gasteiger partial charge in [0, 0.05) is 23.3 Å². The van der Waals surface area contributed by atoms with Crippen molar-refractivity contribution >= 4 is 35.0 Å². The van der Waals surface area contributed by atoms with E-state index in [4.69, 9.17) is 17.1 Å². The summed E-state index contributed by atoms with van der Waals surface area (Å²) in [6.07, 6.45) is 5.11. The monoisotopic (exact) mass is 579 g/mol. The molecule has 5 rings (SSSR count). The number of carbonyl (C=O) groups excluding carboxylic acids is 1. The SMILES string of the molecule is [N-]=[N+]=NCN(C(=O)CCSC(c1ccccc1)(c1ccccc1)c1ccccc1)c1cn(-c2cccnc2)nc1Cl.